The van der Waals surface area contributed by atoms with Gasteiger partial charge in [0.2, 0.25) is 11.4 Å². The fourth-order valence-electron chi connectivity index (χ4n) is 1.55. The van der Waals surface area contributed by atoms with Crippen LogP contribution in [0.4, 0.5) is 5.95 Å². The monoisotopic (exact) mass is 238 g/mol. The molecule has 3 rings (SSSR count). The van der Waals surface area contributed by atoms with Crippen LogP contribution < -0.4 is 24.4 Å². The van der Waals surface area contributed by atoms with Crippen molar-refractivity contribution < 1.29 is 23.3 Å². The molecule has 18 heavy (non-hydrogen) atoms. The third kappa shape index (κ3) is 2.03. The van der Waals surface area contributed by atoms with Crippen molar-refractivity contribution in [2.45, 2.75) is 6.54 Å². The van der Waals surface area contributed by atoms with Crippen molar-refractivity contribution in [1.82, 2.24) is 24.5 Å². The van der Waals surface area contributed by atoms with Gasteiger partial charge in [0, 0.05) is 5.95 Å². The Morgan fingerprint density at radius 3 is 3.00 bits per heavy atom. The summed E-state index contributed by atoms with van der Waals surface area (Å²) < 4.78 is 6.70. The number of imidazole rings is 1. The minimum Gasteiger partial charge on any atom is -0.447 e. The normalized spacial score (nSPS) is 10.4. The Hall–Kier alpha value is -2.04. The van der Waals surface area contributed by atoms with Crippen LogP contribution in [0.3, 0.4) is 0 Å². The van der Waals surface area contributed by atoms with Crippen LogP contribution in [0.15, 0.2) is 28.0 Å². The molecule has 8 nitrogen and oxygen atoms in total. The molecule has 0 aliphatic carbocycles. The van der Waals surface area contributed by atoms with Gasteiger partial charge in [-0.3, -0.25) is 4.79 Å². The molecule has 0 spiro atoms. The molecule has 3 heterocycles. The predicted octanol–water partition coefficient (Wildman–Crippen LogP) is -2.16. The summed E-state index contributed by atoms with van der Waals surface area (Å²) in [6.07, 6.45) is 4.46. The van der Waals surface area contributed by atoms with Crippen LogP contribution in [-0.2, 0) is 6.54 Å². The van der Waals surface area contributed by atoms with E-state index in [0.717, 1.165) is 0 Å². The number of aromatic amines is 1. The second kappa shape index (κ2) is 4.68. The Morgan fingerprint density at radius 2 is 2.28 bits per heavy atom. The van der Waals surface area contributed by atoms with Gasteiger partial charge in [-0.1, -0.05) is 0 Å². The van der Waals surface area contributed by atoms with Crippen molar-refractivity contribution >= 4 is 17.1 Å². The summed E-state index contributed by atoms with van der Waals surface area (Å²) in [5.41, 5.74) is 7.48. The van der Waals surface area contributed by atoms with E-state index in [1.807, 2.05) is 0 Å². The Morgan fingerprint density at radius 1 is 1.44 bits per heavy atom. The number of hydrogen-bond donors (Lipinski definition) is 1. The van der Waals surface area contributed by atoms with E-state index < -0.39 is 5.56 Å². The molecule has 0 saturated heterocycles. The van der Waals surface area contributed by atoms with Gasteiger partial charge < -0.3 is 24.7 Å². The molecule has 0 amide bonds. The molecule has 9 heteroatoms. The molecule has 0 bridgehead atoms. The molecule has 3 aromatic rings. The molecule has 0 fully saturated rings. The first-order valence-electron chi connectivity index (χ1n) is 4.79. The fourth-order valence-corrected chi connectivity index (χ4v) is 1.55. The van der Waals surface area contributed by atoms with E-state index in [0.29, 0.717) is 18.1 Å². The molecule has 0 aromatic carbocycles. The first kappa shape index (κ1) is 12.4. The number of aromatic nitrogens is 5. The maximum atomic E-state index is 11.5. The van der Waals surface area contributed by atoms with Gasteiger partial charge in [0.1, 0.15) is 18.3 Å². The average molecular weight is 238 g/mol. The zero-order chi connectivity index (χ0) is 11.8. The molecular weight excluding hydrogens is 231 g/mol. The smallest absolute Gasteiger partial charge is 0.447 e. The summed E-state index contributed by atoms with van der Waals surface area (Å²) in [6, 6.07) is 0. The molecule has 0 radical (unpaired) electrons. The predicted molar refractivity (Wildman–Crippen MR) is 57.7 cm³/mol. The summed E-state index contributed by atoms with van der Waals surface area (Å²) in [5.74, 6) is 0.287. The minimum atomic E-state index is -0.425. The van der Waals surface area contributed by atoms with Gasteiger partial charge in [0.15, 0.2) is 0 Å². The zero-order valence-electron chi connectivity index (χ0n) is 9.54. The van der Waals surface area contributed by atoms with Crippen molar-refractivity contribution in [2.24, 2.45) is 0 Å². The molecule has 0 saturated carbocycles. The SMILES string of the molecule is [Li+].[NH-]c1nc2c(ncn2Cc2ncco2)c(=O)[nH]1. The molecule has 0 aliphatic heterocycles. The van der Waals surface area contributed by atoms with E-state index in [9.17, 15) is 4.79 Å². The van der Waals surface area contributed by atoms with Crippen molar-refractivity contribution in [3.63, 3.8) is 0 Å². The number of rotatable bonds is 2. The number of oxazole rings is 1. The number of H-pyrrole nitrogens is 1. The fraction of sp³-hybridized carbons (Fsp3) is 0.111. The first-order valence-corrected chi connectivity index (χ1v) is 4.79. The van der Waals surface area contributed by atoms with E-state index >= 15 is 0 Å². The maximum Gasteiger partial charge on any atom is 1.00 e. The zero-order valence-corrected chi connectivity index (χ0v) is 9.54. The first-order chi connectivity index (χ1) is 8.24. The molecule has 2 N–H and O–H groups in total. The van der Waals surface area contributed by atoms with Gasteiger partial charge in [0.05, 0.1) is 18.2 Å². The number of fused-ring (bicyclic) bond motifs is 1. The standard InChI is InChI=1S/C9H8N6O2.Li/c10-9-13-7-6(8(16)14-9)12-4-15(7)3-5-11-1-2-17-5;/h1-2,4H,3H2,(H3,10,13,14,16);/q;+1/p-1. The van der Waals surface area contributed by atoms with Crippen LogP contribution in [-0.4, -0.2) is 24.5 Å². The van der Waals surface area contributed by atoms with Crippen LogP contribution in [0, 0.1) is 0 Å². The topological polar surface area (TPSA) is 113 Å². The minimum absolute atomic E-state index is 0. The Labute approximate surface area is 112 Å². The summed E-state index contributed by atoms with van der Waals surface area (Å²) in [6.45, 7) is 0.319. The largest absolute Gasteiger partial charge is 1.00 e. The molecule has 0 atom stereocenters. The third-order valence-electron chi connectivity index (χ3n) is 2.26. The van der Waals surface area contributed by atoms with E-state index in [-0.39, 0.29) is 30.3 Å². The molecular formula is C9H7LiN6O2. The van der Waals surface area contributed by atoms with Crippen molar-refractivity contribution in [3.8, 4) is 0 Å². The van der Waals surface area contributed by atoms with Crippen LogP contribution in [0.1, 0.15) is 5.89 Å². The van der Waals surface area contributed by atoms with Gasteiger partial charge in [-0.15, -0.1) is 0 Å². The van der Waals surface area contributed by atoms with Crippen LogP contribution in [0.25, 0.3) is 16.9 Å². The van der Waals surface area contributed by atoms with E-state index in [1.165, 1.54) is 18.8 Å². The Balaban J connectivity index is 0.00000120. The van der Waals surface area contributed by atoms with Gasteiger partial charge in [-0.05, 0) is 0 Å². The molecule has 3 aromatic heterocycles. The second-order valence-corrected chi connectivity index (χ2v) is 3.39. The average Bonchev–Trinajstić information content (AvgIpc) is 2.89. The second-order valence-electron chi connectivity index (χ2n) is 3.39. The number of nitrogens with zero attached hydrogens (tertiary/aromatic N) is 4. The third-order valence-corrected chi connectivity index (χ3v) is 2.26. The van der Waals surface area contributed by atoms with Crippen molar-refractivity contribution in [3.05, 3.63) is 40.8 Å². The van der Waals surface area contributed by atoms with Crippen molar-refractivity contribution in [1.29, 1.82) is 0 Å². The van der Waals surface area contributed by atoms with Gasteiger partial charge in [-0.25, -0.2) is 9.97 Å². The Bertz CT molecular complexity index is 716. The van der Waals surface area contributed by atoms with Crippen molar-refractivity contribution in [2.75, 3.05) is 0 Å². The quantitative estimate of drug-likeness (QED) is 0.511. The van der Waals surface area contributed by atoms with Crippen LogP contribution in [0.5, 0.6) is 0 Å². The number of hydrogen-bond acceptors (Lipinski definition) is 5. The van der Waals surface area contributed by atoms with E-state index in [1.54, 1.807) is 4.57 Å². The number of nitrogens with one attached hydrogen (secondary N) is 2. The molecule has 0 aliphatic rings. The summed E-state index contributed by atoms with van der Waals surface area (Å²) >= 11 is 0. The van der Waals surface area contributed by atoms with E-state index in [2.05, 4.69) is 19.9 Å². The van der Waals surface area contributed by atoms with Gasteiger partial charge in [-0.2, -0.15) is 0 Å². The summed E-state index contributed by atoms with van der Waals surface area (Å²) in [7, 11) is 0. The summed E-state index contributed by atoms with van der Waals surface area (Å²) in [4.78, 5) is 25.6. The summed E-state index contributed by atoms with van der Waals surface area (Å²) in [5, 5.41) is 0. The van der Waals surface area contributed by atoms with Crippen LogP contribution in [0.2, 0.25) is 0 Å². The molecule has 0 unspecified atom stereocenters. The molecule has 86 valence electrons. The van der Waals surface area contributed by atoms with Gasteiger partial charge >= 0.3 is 18.9 Å². The van der Waals surface area contributed by atoms with Crippen LogP contribution >= 0.6 is 0 Å². The van der Waals surface area contributed by atoms with E-state index in [4.69, 9.17) is 10.2 Å². The van der Waals surface area contributed by atoms with Gasteiger partial charge in [0.25, 0.3) is 0 Å². The maximum absolute atomic E-state index is 11.5. The Kier molecular flexibility index (Phi) is 3.23.